The number of rotatable bonds is 9. The number of anilines is 1. The van der Waals surface area contributed by atoms with Crippen LogP contribution in [0, 0.1) is 10.1 Å². The molecule has 0 bridgehead atoms. The summed E-state index contributed by atoms with van der Waals surface area (Å²) in [5.41, 5.74) is 9.77. The lowest BCUT2D eigenvalue weighted by molar-refractivity contribution is -0.383. The Morgan fingerprint density at radius 2 is 2.09 bits per heavy atom. The average molecular weight is 465 g/mol. The number of nitro groups is 1. The first-order valence-electron chi connectivity index (χ1n) is 9.86. The van der Waals surface area contributed by atoms with Gasteiger partial charge in [-0.05, 0) is 35.0 Å². The van der Waals surface area contributed by atoms with Gasteiger partial charge in [0.15, 0.2) is 0 Å². The molecule has 172 valence electrons. The minimum Gasteiger partial charge on any atom is -0.395 e. The van der Waals surface area contributed by atoms with Crippen LogP contribution in [0.25, 0.3) is 10.4 Å². The maximum absolute atomic E-state index is 11.3. The molecule has 5 N–H and O–H groups in total. The summed E-state index contributed by atoms with van der Waals surface area (Å²) in [6, 6.07) is 5.50. The molecular weight excluding hydrogens is 440 g/mol. The number of nitro benzene ring substituents is 1. The van der Waals surface area contributed by atoms with E-state index in [1.165, 1.54) is 29.5 Å². The van der Waals surface area contributed by atoms with Gasteiger partial charge in [0.25, 0.3) is 5.69 Å². The van der Waals surface area contributed by atoms with Crippen molar-refractivity contribution in [3.63, 3.8) is 0 Å². The summed E-state index contributed by atoms with van der Waals surface area (Å²) in [7, 11) is 0. The number of nitrogens with one attached hydrogen (secondary N) is 1. The van der Waals surface area contributed by atoms with Gasteiger partial charge in [-0.25, -0.2) is 0 Å². The lowest BCUT2D eigenvalue weighted by atomic mass is 9.94. The number of aliphatic hydroxyl groups is 4. The molecule has 0 amide bonds. The Hall–Kier alpha value is -2.77. The highest BCUT2D eigenvalue weighted by Gasteiger charge is 2.40. The van der Waals surface area contributed by atoms with Gasteiger partial charge in [0.2, 0.25) is 0 Å². The summed E-state index contributed by atoms with van der Waals surface area (Å²) in [5, 5.41) is 59.0. The summed E-state index contributed by atoms with van der Waals surface area (Å²) < 4.78 is 0. The van der Waals surface area contributed by atoms with Crippen LogP contribution in [-0.2, 0) is 13.0 Å². The molecule has 4 atom stereocenters. The minimum atomic E-state index is -1.29. The lowest BCUT2D eigenvalue weighted by Crippen LogP contribution is -2.62. The van der Waals surface area contributed by atoms with Crippen LogP contribution in [0.5, 0.6) is 0 Å². The molecule has 3 rings (SSSR count). The van der Waals surface area contributed by atoms with Crippen molar-refractivity contribution in [2.24, 2.45) is 5.11 Å². The molecule has 0 spiro atoms. The first-order chi connectivity index (χ1) is 15.3. The van der Waals surface area contributed by atoms with Gasteiger partial charge in [0, 0.05) is 41.2 Å². The number of thiophene rings is 1. The topological polar surface area (TPSA) is 188 Å². The zero-order chi connectivity index (χ0) is 23.3. The van der Waals surface area contributed by atoms with Crippen molar-refractivity contribution in [1.82, 2.24) is 4.90 Å². The minimum absolute atomic E-state index is 0.150. The molecule has 1 saturated heterocycles. The molecular formula is C19H24N6O6S. The third-order valence-electron chi connectivity index (χ3n) is 5.40. The molecule has 1 aliphatic heterocycles. The lowest BCUT2D eigenvalue weighted by Gasteiger charge is -2.43. The molecule has 1 aromatic carbocycles. The van der Waals surface area contributed by atoms with E-state index in [1.807, 2.05) is 11.4 Å². The fourth-order valence-corrected chi connectivity index (χ4v) is 4.54. The third kappa shape index (κ3) is 5.53. The number of benzene rings is 1. The van der Waals surface area contributed by atoms with E-state index in [1.54, 1.807) is 4.90 Å². The summed E-state index contributed by atoms with van der Waals surface area (Å²) in [5.74, 6) is 0. The Balaban J connectivity index is 1.60. The summed E-state index contributed by atoms with van der Waals surface area (Å²) >= 11 is 1.48. The molecule has 32 heavy (non-hydrogen) atoms. The van der Waals surface area contributed by atoms with E-state index in [-0.39, 0.29) is 24.5 Å². The molecule has 0 unspecified atom stereocenters. The molecule has 1 aliphatic rings. The van der Waals surface area contributed by atoms with E-state index in [0.717, 1.165) is 10.4 Å². The van der Waals surface area contributed by atoms with Crippen LogP contribution in [0.1, 0.15) is 10.4 Å². The highest BCUT2D eigenvalue weighted by atomic mass is 32.1. The third-order valence-corrected chi connectivity index (χ3v) is 6.39. The van der Waals surface area contributed by atoms with Crippen molar-refractivity contribution in [2.45, 2.75) is 37.3 Å². The Morgan fingerprint density at radius 1 is 1.31 bits per heavy atom. The molecule has 0 saturated carbocycles. The maximum atomic E-state index is 11.3. The summed E-state index contributed by atoms with van der Waals surface area (Å²) in [6.45, 7) is 0.652. The summed E-state index contributed by atoms with van der Waals surface area (Å²) in [6.07, 6.45) is -3.00. The number of hydrogen-bond acceptors (Lipinski definition) is 10. The van der Waals surface area contributed by atoms with Crippen molar-refractivity contribution < 1.29 is 25.3 Å². The maximum Gasteiger partial charge on any atom is 0.292 e. The number of aliphatic hydroxyl groups excluding tert-OH is 4. The molecule has 12 nitrogen and oxygen atoms in total. The van der Waals surface area contributed by atoms with E-state index >= 15 is 0 Å². The second-order valence-electron chi connectivity index (χ2n) is 7.47. The smallest absolute Gasteiger partial charge is 0.292 e. The van der Waals surface area contributed by atoms with Crippen LogP contribution in [0.4, 0.5) is 17.1 Å². The molecule has 2 heterocycles. The fraction of sp³-hybridized carbons (Fsp3) is 0.474. The van der Waals surface area contributed by atoms with E-state index < -0.39 is 29.3 Å². The predicted molar refractivity (Wildman–Crippen MR) is 118 cm³/mol. The number of β-amino-alcohol motifs (C(OH)–C–C–N with tert-alkyl or cyclic N) is 1. The van der Waals surface area contributed by atoms with Crippen LogP contribution in [0.2, 0.25) is 0 Å². The highest BCUT2D eigenvalue weighted by Crippen LogP contribution is 2.30. The number of nitrogens with zero attached hydrogens (tertiary/aromatic N) is 5. The number of likely N-dealkylation sites (tertiary alicyclic amines) is 1. The van der Waals surface area contributed by atoms with E-state index in [4.69, 9.17) is 5.53 Å². The Labute approximate surface area is 187 Å². The SMILES string of the molecule is [N-]=[N+]=Nc1ccc(NCc2cc(CCN3C[C@H](O)[C@@H](O)[C@H](O)[C@H]3CO)cs2)c([N+](=O)[O-])c1. The Morgan fingerprint density at radius 3 is 2.78 bits per heavy atom. The normalized spacial score (nSPS) is 23.5. The predicted octanol–water partition coefficient (Wildman–Crippen LogP) is 1.51. The molecule has 13 heteroatoms. The van der Waals surface area contributed by atoms with Gasteiger partial charge in [-0.2, -0.15) is 0 Å². The Kier molecular flexibility index (Phi) is 7.99. The highest BCUT2D eigenvalue weighted by molar-refractivity contribution is 7.10. The number of azide groups is 1. The van der Waals surface area contributed by atoms with E-state index in [0.29, 0.717) is 25.2 Å². The zero-order valence-electron chi connectivity index (χ0n) is 17.0. The van der Waals surface area contributed by atoms with Gasteiger partial charge in [0.1, 0.15) is 17.9 Å². The van der Waals surface area contributed by atoms with Gasteiger partial charge < -0.3 is 25.7 Å². The van der Waals surface area contributed by atoms with Crippen LogP contribution < -0.4 is 5.32 Å². The molecule has 0 radical (unpaired) electrons. The first-order valence-corrected chi connectivity index (χ1v) is 10.7. The van der Waals surface area contributed by atoms with E-state index in [2.05, 4.69) is 15.3 Å². The average Bonchev–Trinajstić information content (AvgIpc) is 3.23. The second-order valence-corrected chi connectivity index (χ2v) is 8.46. The van der Waals surface area contributed by atoms with Crippen molar-refractivity contribution in [1.29, 1.82) is 0 Å². The largest absolute Gasteiger partial charge is 0.395 e. The zero-order valence-corrected chi connectivity index (χ0v) is 17.8. The standard InChI is InChI=1S/C19H24N6O6S/c20-23-22-12-1-2-14(15(6-12)25(30)31)21-7-13-5-11(10-32-13)3-4-24-8-17(27)19(29)18(28)16(24)9-26/h1-2,5-6,10,16-19,21,26-29H,3-4,7-9H2/t16-,17+,18-,19-/m1/s1. The molecule has 1 aromatic heterocycles. The van der Waals surface area contributed by atoms with Crippen molar-refractivity contribution in [3.8, 4) is 0 Å². The van der Waals surface area contributed by atoms with Gasteiger partial charge in [-0.1, -0.05) is 11.2 Å². The molecule has 0 aliphatic carbocycles. The molecule has 2 aromatic rings. The van der Waals surface area contributed by atoms with Crippen LogP contribution in [0.15, 0.2) is 34.8 Å². The van der Waals surface area contributed by atoms with Gasteiger partial charge in [-0.15, -0.1) is 11.3 Å². The summed E-state index contributed by atoms with van der Waals surface area (Å²) in [4.78, 5) is 16.1. The van der Waals surface area contributed by atoms with Crippen molar-refractivity contribution in [2.75, 3.05) is 25.0 Å². The first kappa shape index (κ1) is 23.9. The quantitative estimate of drug-likeness (QED) is 0.121. The van der Waals surface area contributed by atoms with Crippen LogP contribution in [0.3, 0.4) is 0 Å². The number of hydrogen-bond donors (Lipinski definition) is 5. The second kappa shape index (κ2) is 10.7. The van der Waals surface area contributed by atoms with E-state index in [9.17, 15) is 30.5 Å². The van der Waals surface area contributed by atoms with Crippen molar-refractivity contribution >= 4 is 28.4 Å². The molecule has 1 fully saturated rings. The monoisotopic (exact) mass is 464 g/mol. The van der Waals surface area contributed by atoms with Crippen molar-refractivity contribution in [3.05, 3.63) is 60.6 Å². The van der Waals surface area contributed by atoms with Crippen LogP contribution >= 0.6 is 11.3 Å². The number of piperidine rings is 1. The van der Waals surface area contributed by atoms with Gasteiger partial charge >= 0.3 is 0 Å². The Bertz CT molecular complexity index is 996. The van der Waals surface area contributed by atoms with Gasteiger partial charge in [-0.3, -0.25) is 15.0 Å². The van der Waals surface area contributed by atoms with Gasteiger partial charge in [0.05, 0.1) is 23.7 Å². The van der Waals surface area contributed by atoms with Crippen LogP contribution in [-0.4, -0.2) is 74.3 Å². The fourth-order valence-electron chi connectivity index (χ4n) is 3.67.